The molecule has 1 fully saturated rings. The van der Waals surface area contributed by atoms with Crippen molar-refractivity contribution in [1.82, 2.24) is 0 Å². The van der Waals surface area contributed by atoms with Crippen LogP contribution in [-0.2, 0) is 4.79 Å². The summed E-state index contributed by atoms with van der Waals surface area (Å²) in [4.78, 5) is 11.7. The number of para-hydroxylation sites is 1. The van der Waals surface area contributed by atoms with Crippen LogP contribution >= 0.6 is 0 Å². The van der Waals surface area contributed by atoms with Gasteiger partial charge in [0.15, 0.2) is 0 Å². The van der Waals surface area contributed by atoms with Crippen molar-refractivity contribution < 1.29 is 15.0 Å². The number of carbonyl (C=O) groups is 1. The maximum absolute atomic E-state index is 11.7. The SMILES string of the molecule is O=C1CCCCC1C(O)c1ccccc1O. The number of aliphatic hydroxyl groups excluding tert-OH is 1. The van der Waals surface area contributed by atoms with Gasteiger partial charge in [0, 0.05) is 17.9 Å². The number of ketones is 1. The number of benzene rings is 1. The Hall–Kier alpha value is -1.35. The minimum Gasteiger partial charge on any atom is -0.508 e. The van der Waals surface area contributed by atoms with Crippen LogP contribution < -0.4 is 0 Å². The largest absolute Gasteiger partial charge is 0.508 e. The number of hydrogen-bond acceptors (Lipinski definition) is 3. The fourth-order valence-electron chi connectivity index (χ4n) is 2.30. The Morgan fingerprint density at radius 2 is 2.00 bits per heavy atom. The van der Waals surface area contributed by atoms with Crippen LogP contribution in [0.5, 0.6) is 5.75 Å². The quantitative estimate of drug-likeness (QED) is 0.803. The van der Waals surface area contributed by atoms with E-state index in [1.165, 1.54) is 6.07 Å². The molecule has 0 saturated heterocycles. The smallest absolute Gasteiger partial charge is 0.138 e. The van der Waals surface area contributed by atoms with Crippen molar-refractivity contribution in [2.75, 3.05) is 0 Å². The van der Waals surface area contributed by atoms with Crippen LogP contribution in [0.2, 0.25) is 0 Å². The molecule has 1 aliphatic rings. The van der Waals surface area contributed by atoms with Gasteiger partial charge in [-0.05, 0) is 18.9 Å². The number of rotatable bonds is 2. The molecule has 2 N–H and O–H groups in total. The van der Waals surface area contributed by atoms with E-state index in [1.54, 1.807) is 18.2 Å². The summed E-state index contributed by atoms with van der Waals surface area (Å²) in [6.07, 6.45) is 2.29. The minimum absolute atomic E-state index is 0.0633. The fraction of sp³-hybridized carbons (Fsp3) is 0.462. The standard InChI is InChI=1S/C13H16O3/c14-11-7-3-1-5-9(11)13(16)10-6-2-4-8-12(10)15/h1,3,5,7,10,13-14,16H,2,4,6,8H2. The summed E-state index contributed by atoms with van der Waals surface area (Å²) in [6, 6.07) is 6.66. The summed E-state index contributed by atoms with van der Waals surface area (Å²) >= 11 is 0. The molecule has 0 amide bonds. The molecule has 3 heteroatoms. The van der Waals surface area contributed by atoms with Gasteiger partial charge in [0.25, 0.3) is 0 Å². The number of aromatic hydroxyl groups is 1. The highest BCUT2D eigenvalue weighted by molar-refractivity contribution is 5.82. The molecule has 2 unspecified atom stereocenters. The molecule has 2 atom stereocenters. The Balaban J connectivity index is 2.21. The summed E-state index contributed by atoms with van der Waals surface area (Å²) in [5, 5.41) is 19.7. The molecule has 1 aromatic rings. The first kappa shape index (κ1) is 11.1. The summed E-state index contributed by atoms with van der Waals surface area (Å²) in [5.41, 5.74) is 0.461. The van der Waals surface area contributed by atoms with Gasteiger partial charge in [-0.1, -0.05) is 24.6 Å². The molecular weight excluding hydrogens is 204 g/mol. The Morgan fingerprint density at radius 3 is 2.69 bits per heavy atom. The normalized spacial score (nSPS) is 23.1. The van der Waals surface area contributed by atoms with E-state index in [-0.39, 0.29) is 17.5 Å². The van der Waals surface area contributed by atoms with Gasteiger partial charge in [-0.15, -0.1) is 0 Å². The van der Waals surface area contributed by atoms with Crippen molar-refractivity contribution >= 4 is 5.78 Å². The van der Waals surface area contributed by atoms with E-state index < -0.39 is 6.10 Å². The van der Waals surface area contributed by atoms with Gasteiger partial charge in [-0.3, -0.25) is 4.79 Å². The van der Waals surface area contributed by atoms with Crippen LogP contribution in [0.15, 0.2) is 24.3 Å². The maximum Gasteiger partial charge on any atom is 0.138 e. The molecule has 86 valence electrons. The molecule has 1 saturated carbocycles. The zero-order valence-electron chi connectivity index (χ0n) is 9.10. The number of phenols is 1. The van der Waals surface area contributed by atoms with Crippen LogP contribution in [-0.4, -0.2) is 16.0 Å². The first-order valence-electron chi connectivity index (χ1n) is 5.69. The first-order valence-corrected chi connectivity index (χ1v) is 5.69. The van der Waals surface area contributed by atoms with Crippen LogP contribution in [0.1, 0.15) is 37.4 Å². The average Bonchev–Trinajstić information content (AvgIpc) is 2.29. The second-order valence-corrected chi connectivity index (χ2v) is 4.32. The third-order valence-corrected chi connectivity index (χ3v) is 3.24. The van der Waals surface area contributed by atoms with E-state index >= 15 is 0 Å². The second-order valence-electron chi connectivity index (χ2n) is 4.32. The van der Waals surface area contributed by atoms with Crippen molar-refractivity contribution in [2.45, 2.75) is 31.8 Å². The molecule has 0 aliphatic heterocycles. The molecule has 2 rings (SSSR count). The molecule has 16 heavy (non-hydrogen) atoms. The molecule has 0 aromatic heterocycles. The van der Waals surface area contributed by atoms with Gasteiger partial charge in [-0.25, -0.2) is 0 Å². The zero-order chi connectivity index (χ0) is 11.5. The van der Waals surface area contributed by atoms with Crippen LogP contribution in [0, 0.1) is 5.92 Å². The molecule has 0 spiro atoms. The topological polar surface area (TPSA) is 57.5 Å². The molecule has 0 heterocycles. The first-order chi connectivity index (χ1) is 7.70. The van der Waals surface area contributed by atoms with Gasteiger partial charge in [0.2, 0.25) is 0 Å². The number of hydrogen-bond donors (Lipinski definition) is 2. The van der Waals surface area contributed by atoms with Gasteiger partial charge in [-0.2, -0.15) is 0 Å². The van der Waals surface area contributed by atoms with Crippen LogP contribution in [0.3, 0.4) is 0 Å². The van der Waals surface area contributed by atoms with E-state index in [0.717, 1.165) is 12.8 Å². The minimum atomic E-state index is -0.867. The summed E-state index contributed by atoms with van der Waals surface area (Å²) in [5.74, 6) is -0.169. The fourth-order valence-corrected chi connectivity index (χ4v) is 2.30. The number of carbonyl (C=O) groups excluding carboxylic acids is 1. The Morgan fingerprint density at radius 1 is 1.25 bits per heavy atom. The van der Waals surface area contributed by atoms with E-state index in [0.29, 0.717) is 18.4 Å². The van der Waals surface area contributed by atoms with Gasteiger partial charge in [0.05, 0.1) is 6.10 Å². The number of aliphatic hydroxyl groups is 1. The lowest BCUT2D eigenvalue weighted by molar-refractivity contribution is -0.128. The van der Waals surface area contributed by atoms with Crippen molar-refractivity contribution in [3.05, 3.63) is 29.8 Å². The molecule has 3 nitrogen and oxygen atoms in total. The lowest BCUT2D eigenvalue weighted by atomic mass is 9.81. The lowest BCUT2D eigenvalue weighted by Crippen LogP contribution is -2.25. The van der Waals surface area contributed by atoms with Crippen molar-refractivity contribution in [3.63, 3.8) is 0 Å². The van der Waals surface area contributed by atoms with Crippen molar-refractivity contribution in [1.29, 1.82) is 0 Å². The Bertz CT molecular complexity index is 387. The van der Waals surface area contributed by atoms with Crippen molar-refractivity contribution in [2.24, 2.45) is 5.92 Å². The van der Waals surface area contributed by atoms with E-state index in [2.05, 4.69) is 0 Å². The van der Waals surface area contributed by atoms with Crippen molar-refractivity contribution in [3.8, 4) is 5.75 Å². The highest BCUT2D eigenvalue weighted by Crippen LogP contribution is 2.35. The molecule has 0 bridgehead atoms. The molecule has 0 radical (unpaired) electrons. The number of phenolic OH excluding ortho intramolecular Hbond substituents is 1. The zero-order valence-corrected chi connectivity index (χ0v) is 9.10. The average molecular weight is 220 g/mol. The predicted molar refractivity (Wildman–Crippen MR) is 60.0 cm³/mol. The van der Waals surface area contributed by atoms with E-state index in [4.69, 9.17) is 0 Å². The summed E-state index contributed by atoms with van der Waals surface area (Å²) in [6.45, 7) is 0. The molecular formula is C13H16O3. The maximum atomic E-state index is 11.7. The third kappa shape index (κ3) is 2.09. The highest BCUT2D eigenvalue weighted by Gasteiger charge is 2.30. The second kappa shape index (κ2) is 4.66. The Labute approximate surface area is 94.7 Å². The van der Waals surface area contributed by atoms with Crippen LogP contribution in [0.4, 0.5) is 0 Å². The third-order valence-electron chi connectivity index (χ3n) is 3.24. The van der Waals surface area contributed by atoms with E-state index in [9.17, 15) is 15.0 Å². The van der Waals surface area contributed by atoms with Gasteiger partial charge in [0.1, 0.15) is 11.5 Å². The summed E-state index contributed by atoms with van der Waals surface area (Å²) in [7, 11) is 0. The predicted octanol–water partition coefficient (Wildman–Crippen LogP) is 2.18. The molecule has 1 aromatic carbocycles. The Kier molecular flexibility index (Phi) is 3.25. The lowest BCUT2D eigenvalue weighted by Gasteiger charge is -2.25. The monoisotopic (exact) mass is 220 g/mol. The number of Topliss-reactive ketones (excluding diaryl/α,β-unsaturated/α-hetero) is 1. The van der Waals surface area contributed by atoms with Crippen LogP contribution in [0.25, 0.3) is 0 Å². The summed E-state index contributed by atoms with van der Waals surface area (Å²) < 4.78 is 0. The van der Waals surface area contributed by atoms with E-state index in [1.807, 2.05) is 0 Å². The highest BCUT2D eigenvalue weighted by atomic mass is 16.3. The van der Waals surface area contributed by atoms with Gasteiger partial charge >= 0.3 is 0 Å². The van der Waals surface area contributed by atoms with Gasteiger partial charge < -0.3 is 10.2 Å². The molecule has 1 aliphatic carbocycles.